The van der Waals surface area contributed by atoms with Gasteiger partial charge in [-0.05, 0) is 25.5 Å². The average Bonchev–Trinajstić information content (AvgIpc) is 2.75. The molecule has 1 unspecified atom stereocenters. The van der Waals surface area contributed by atoms with E-state index in [0.717, 1.165) is 29.9 Å². The van der Waals surface area contributed by atoms with Gasteiger partial charge < -0.3 is 15.0 Å². The topological polar surface area (TPSA) is 63.0 Å². The molecular formula is C14H20N4O. The van der Waals surface area contributed by atoms with Crippen molar-refractivity contribution < 1.29 is 5.11 Å². The Labute approximate surface area is 113 Å². The van der Waals surface area contributed by atoms with Crippen LogP contribution >= 0.6 is 0 Å². The van der Waals surface area contributed by atoms with Gasteiger partial charge in [-0.15, -0.1) is 10.2 Å². The summed E-state index contributed by atoms with van der Waals surface area (Å²) in [6.07, 6.45) is 2.51. The van der Waals surface area contributed by atoms with Crippen LogP contribution in [0.1, 0.15) is 29.9 Å². The maximum Gasteiger partial charge on any atom is 0.133 e. The van der Waals surface area contributed by atoms with Crippen LogP contribution in [0.25, 0.3) is 0 Å². The van der Waals surface area contributed by atoms with Crippen LogP contribution in [-0.2, 0) is 13.5 Å². The van der Waals surface area contributed by atoms with Crippen molar-refractivity contribution in [3.63, 3.8) is 0 Å². The number of nitrogens with one attached hydrogen (secondary N) is 1. The molecule has 1 atom stereocenters. The van der Waals surface area contributed by atoms with Crippen LogP contribution in [0.2, 0.25) is 0 Å². The second kappa shape index (κ2) is 5.84. The molecule has 0 aliphatic rings. The number of aryl methyl sites for hydroxylation is 2. The smallest absolute Gasteiger partial charge is 0.133 e. The molecule has 1 aromatic carbocycles. The van der Waals surface area contributed by atoms with Crippen molar-refractivity contribution in [3.8, 4) is 5.75 Å². The molecule has 0 amide bonds. The average molecular weight is 260 g/mol. The van der Waals surface area contributed by atoms with Gasteiger partial charge in [0, 0.05) is 31.6 Å². The van der Waals surface area contributed by atoms with Crippen LogP contribution in [0.4, 0.5) is 0 Å². The van der Waals surface area contributed by atoms with Crippen LogP contribution in [0.3, 0.4) is 0 Å². The first-order chi connectivity index (χ1) is 9.08. The summed E-state index contributed by atoms with van der Waals surface area (Å²) in [6.45, 7) is 4.80. The van der Waals surface area contributed by atoms with Crippen LogP contribution in [0.5, 0.6) is 5.75 Å². The van der Waals surface area contributed by atoms with Crippen LogP contribution in [-0.4, -0.2) is 26.4 Å². The highest BCUT2D eigenvalue weighted by Crippen LogP contribution is 2.24. The van der Waals surface area contributed by atoms with Crippen molar-refractivity contribution in [2.45, 2.75) is 26.3 Å². The van der Waals surface area contributed by atoms with Gasteiger partial charge in [-0.25, -0.2) is 0 Å². The number of aromatic hydroxyl groups is 1. The van der Waals surface area contributed by atoms with Gasteiger partial charge in [0.2, 0.25) is 0 Å². The summed E-state index contributed by atoms with van der Waals surface area (Å²) in [5.74, 6) is 1.30. The SMILES string of the molecule is Cc1ccc(C(C)NCCc2nncn2C)c(O)c1. The summed E-state index contributed by atoms with van der Waals surface area (Å²) in [5.41, 5.74) is 1.98. The van der Waals surface area contributed by atoms with Gasteiger partial charge in [0.25, 0.3) is 0 Å². The predicted octanol–water partition coefficient (Wildman–Crippen LogP) is 1.72. The second-order valence-electron chi connectivity index (χ2n) is 4.85. The van der Waals surface area contributed by atoms with Crippen molar-refractivity contribution in [1.29, 1.82) is 0 Å². The summed E-state index contributed by atoms with van der Waals surface area (Å²) in [5, 5.41) is 21.2. The number of aromatic nitrogens is 3. The Hall–Kier alpha value is -1.88. The standard InChI is InChI=1S/C14H20N4O/c1-10-4-5-12(13(19)8-10)11(2)15-7-6-14-17-16-9-18(14)3/h4-5,8-9,11,15,19H,6-7H2,1-3H3. The molecule has 19 heavy (non-hydrogen) atoms. The normalized spacial score (nSPS) is 12.6. The molecule has 5 heteroatoms. The van der Waals surface area contributed by atoms with Crippen molar-refractivity contribution in [3.05, 3.63) is 41.5 Å². The molecule has 2 N–H and O–H groups in total. The molecule has 0 aliphatic carbocycles. The summed E-state index contributed by atoms with van der Waals surface area (Å²) >= 11 is 0. The maximum atomic E-state index is 9.92. The van der Waals surface area contributed by atoms with E-state index in [9.17, 15) is 5.11 Å². The van der Waals surface area contributed by atoms with Gasteiger partial charge in [-0.2, -0.15) is 0 Å². The van der Waals surface area contributed by atoms with Crippen LogP contribution in [0, 0.1) is 6.92 Å². The minimum absolute atomic E-state index is 0.105. The fourth-order valence-corrected chi connectivity index (χ4v) is 2.06. The summed E-state index contributed by atoms with van der Waals surface area (Å²) in [6, 6.07) is 5.87. The number of phenols is 1. The van der Waals surface area contributed by atoms with Crippen LogP contribution < -0.4 is 5.32 Å². The van der Waals surface area contributed by atoms with Crippen molar-refractivity contribution in [2.75, 3.05) is 6.54 Å². The summed E-state index contributed by atoms with van der Waals surface area (Å²) in [4.78, 5) is 0. The van der Waals surface area contributed by atoms with E-state index in [-0.39, 0.29) is 6.04 Å². The van der Waals surface area contributed by atoms with Gasteiger partial charge in [0.05, 0.1) is 0 Å². The lowest BCUT2D eigenvalue weighted by Crippen LogP contribution is -2.22. The Balaban J connectivity index is 1.91. The highest BCUT2D eigenvalue weighted by molar-refractivity contribution is 5.37. The molecule has 0 saturated heterocycles. The van der Waals surface area contributed by atoms with Crippen molar-refractivity contribution in [2.24, 2.45) is 7.05 Å². The van der Waals surface area contributed by atoms with E-state index in [0.29, 0.717) is 5.75 Å². The molecule has 2 rings (SSSR count). The Kier molecular flexibility index (Phi) is 4.16. The molecule has 0 spiro atoms. The number of hydrogen-bond donors (Lipinski definition) is 2. The van der Waals surface area contributed by atoms with E-state index in [1.165, 1.54) is 0 Å². The fraction of sp³-hybridized carbons (Fsp3) is 0.429. The van der Waals surface area contributed by atoms with Gasteiger partial charge >= 0.3 is 0 Å². The van der Waals surface area contributed by atoms with E-state index in [1.807, 2.05) is 37.6 Å². The van der Waals surface area contributed by atoms with Gasteiger partial charge in [-0.1, -0.05) is 12.1 Å². The van der Waals surface area contributed by atoms with Crippen LogP contribution in [0.15, 0.2) is 24.5 Å². The zero-order chi connectivity index (χ0) is 13.8. The Morgan fingerprint density at radius 2 is 2.21 bits per heavy atom. The molecule has 0 fully saturated rings. The first kappa shape index (κ1) is 13.5. The van der Waals surface area contributed by atoms with Gasteiger partial charge in [0.15, 0.2) is 0 Å². The first-order valence-corrected chi connectivity index (χ1v) is 6.43. The van der Waals surface area contributed by atoms with Crippen molar-refractivity contribution in [1.82, 2.24) is 20.1 Å². The molecule has 0 bridgehead atoms. The number of nitrogens with zero attached hydrogens (tertiary/aromatic N) is 3. The van der Waals surface area contributed by atoms with E-state index in [2.05, 4.69) is 15.5 Å². The van der Waals surface area contributed by atoms with Crippen molar-refractivity contribution >= 4 is 0 Å². The summed E-state index contributed by atoms with van der Waals surface area (Å²) in [7, 11) is 1.94. The Bertz CT molecular complexity index is 550. The Morgan fingerprint density at radius 3 is 2.84 bits per heavy atom. The minimum Gasteiger partial charge on any atom is -0.508 e. The number of rotatable bonds is 5. The molecule has 1 aromatic heterocycles. The summed E-state index contributed by atoms with van der Waals surface area (Å²) < 4.78 is 1.91. The largest absolute Gasteiger partial charge is 0.508 e. The molecule has 0 saturated carbocycles. The third-order valence-corrected chi connectivity index (χ3v) is 3.26. The second-order valence-corrected chi connectivity index (χ2v) is 4.85. The van der Waals surface area contributed by atoms with E-state index in [4.69, 9.17) is 0 Å². The van der Waals surface area contributed by atoms with Gasteiger partial charge in [0.1, 0.15) is 17.9 Å². The Morgan fingerprint density at radius 1 is 1.42 bits per heavy atom. The zero-order valence-electron chi connectivity index (χ0n) is 11.6. The quantitative estimate of drug-likeness (QED) is 0.859. The molecular weight excluding hydrogens is 240 g/mol. The minimum atomic E-state index is 0.105. The third-order valence-electron chi connectivity index (χ3n) is 3.26. The molecule has 0 aliphatic heterocycles. The van der Waals surface area contributed by atoms with E-state index < -0.39 is 0 Å². The predicted molar refractivity (Wildman–Crippen MR) is 74.0 cm³/mol. The molecule has 0 radical (unpaired) electrons. The molecule has 1 heterocycles. The molecule has 5 nitrogen and oxygen atoms in total. The number of hydrogen-bond acceptors (Lipinski definition) is 4. The number of phenolic OH excluding ortho intramolecular Hbond substituents is 1. The first-order valence-electron chi connectivity index (χ1n) is 6.43. The highest BCUT2D eigenvalue weighted by Gasteiger charge is 2.10. The van der Waals surface area contributed by atoms with E-state index >= 15 is 0 Å². The van der Waals surface area contributed by atoms with E-state index in [1.54, 1.807) is 12.4 Å². The zero-order valence-corrected chi connectivity index (χ0v) is 11.6. The monoisotopic (exact) mass is 260 g/mol. The van der Waals surface area contributed by atoms with Gasteiger partial charge in [-0.3, -0.25) is 0 Å². The lowest BCUT2D eigenvalue weighted by Gasteiger charge is -2.15. The lowest BCUT2D eigenvalue weighted by atomic mass is 10.1. The lowest BCUT2D eigenvalue weighted by molar-refractivity contribution is 0.452. The maximum absolute atomic E-state index is 9.92. The number of benzene rings is 1. The molecule has 2 aromatic rings. The fourth-order valence-electron chi connectivity index (χ4n) is 2.06. The third kappa shape index (κ3) is 3.32. The molecule has 102 valence electrons. The highest BCUT2D eigenvalue weighted by atomic mass is 16.3.